The van der Waals surface area contributed by atoms with Crippen molar-refractivity contribution >= 4 is 12.0 Å². The van der Waals surface area contributed by atoms with E-state index in [4.69, 9.17) is 9.84 Å². The zero-order valence-electron chi connectivity index (χ0n) is 18.3. The zero-order valence-corrected chi connectivity index (χ0v) is 18.3. The minimum absolute atomic E-state index is 0.00372. The number of alkyl halides is 3. The van der Waals surface area contributed by atoms with Gasteiger partial charge in [-0.3, -0.25) is 0 Å². The standard InChI is InChI=1S/C26H23F3O4/c1-25(2,3)20-8-12-21(13-9-20)32-23-14-6-18(16-19(23)7-15-24(30)31)17-4-10-22(11-5-17)33-26(27,28)29/h4-16H,1-3H3,(H,30,31)/b15-7+. The largest absolute Gasteiger partial charge is 0.573 e. The van der Waals surface area contributed by atoms with E-state index < -0.39 is 12.3 Å². The van der Waals surface area contributed by atoms with Gasteiger partial charge in [-0.1, -0.05) is 51.1 Å². The van der Waals surface area contributed by atoms with Crippen LogP contribution in [0.3, 0.4) is 0 Å². The van der Waals surface area contributed by atoms with Crippen molar-refractivity contribution in [3.8, 4) is 28.4 Å². The summed E-state index contributed by atoms with van der Waals surface area (Å²) in [5.41, 5.74) is 2.96. The molecule has 0 spiro atoms. The van der Waals surface area contributed by atoms with Crippen molar-refractivity contribution in [2.45, 2.75) is 32.5 Å². The van der Waals surface area contributed by atoms with Gasteiger partial charge in [0.25, 0.3) is 0 Å². The molecule has 0 saturated heterocycles. The van der Waals surface area contributed by atoms with Crippen molar-refractivity contribution in [1.29, 1.82) is 0 Å². The molecule has 172 valence electrons. The highest BCUT2D eigenvalue weighted by atomic mass is 19.4. The number of hydrogen-bond acceptors (Lipinski definition) is 3. The lowest BCUT2D eigenvalue weighted by Crippen LogP contribution is -2.16. The van der Waals surface area contributed by atoms with Crippen molar-refractivity contribution in [3.63, 3.8) is 0 Å². The third-order valence-electron chi connectivity index (χ3n) is 4.78. The number of rotatable bonds is 6. The second-order valence-electron chi connectivity index (χ2n) is 8.37. The monoisotopic (exact) mass is 456 g/mol. The maximum Gasteiger partial charge on any atom is 0.573 e. The second-order valence-corrected chi connectivity index (χ2v) is 8.37. The molecule has 7 heteroatoms. The van der Waals surface area contributed by atoms with Gasteiger partial charge >= 0.3 is 12.3 Å². The minimum Gasteiger partial charge on any atom is -0.478 e. The van der Waals surface area contributed by atoms with E-state index in [1.54, 1.807) is 18.2 Å². The summed E-state index contributed by atoms with van der Waals surface area (Å²) in [5, 5.41) is 9.04. The summed E-state index contributed by atoms with van der Waals surface area (Å²) >= 11 is 0. The highest BCUT2D eigenvalue weighted by molar-refractivity contribution is 5.86. The summed E-state index contributed by atoms with van der Waals surface area (Å²) < 4.78 is 47.0. The highest BCUT2D eigenvalue weighted by Crippen LogP contribution is 2.33. The SMILES string of the molecule is CC(C)(C)c1ccc(Oc2ccc(-c3ccc(OC(F)(F)F)cc3)cc2/C=C/C(=O)O)cc1. The molecule has 3 rings (SSSR count). The quantitative estimate of drug-likeness (QED) is 0.392. The van der Waals surface area contributed by atoms with Gasteiger partial charge in [-0.25, -0.2) is 4.79 Å². The maximum absolute atomic E-state index is 12.4. The Morgan fingerprint density at radius 3 is 1.97 bits per heavy atom. The van der Waals surface area contributed by atoms with E-state index in [0.717, 1.165) is 11.6 Å². The molecule has 0 atom stereocenters. The van der Waals surface area contributed by atoms with Gasteiger partial charge in [0, 0.05) is 11.6 Å². The average molecular weight is 456 g/mol. The number of carboxylic acids is 1. The van der Waals surface area contributed by atoms with Crippen LogP contribution in [-0.4, -0.2) is 17.4 Å². The van der Waals surface area contributed by atoms with Crippen molar-refractivity contribution < 1.29 is 32.5 Å². The first-order valence-corrected chi connectivity index (χ1v) is 10.1. The fraction of sp³-hybridized carbons (Fsp3) is 0.192. The van der Waals surface area contributed by atoms with Crippen molar-refractivity contribution in [2.75, 3.05) is 0 Å². The molecular formula is C26H23F3O4. The van der Waals surface area contributed by atoms with Gasteiger partial charge in [0.15, 0.2) is 0 Å². The van der Waals surface area contributed by atoms with E-state index in [-0.39, 0.29) is 11.2 Å². The number of halogens is 3. The molecule has 4 nitrogen and oxygen atoms in total. The predicted molar refractivity (Wildman–Crippen MR) is 120 cm³/mol. The summed E-state index contributed by atoms with van der Waals surface area (Å²) in [6.07, 6.45) is -2.36. The topological polar surface area (TPSA) is 55.8 Å². The third kappa shape index (κ3) is 6.87. The predicted octanol–water partition coefficient (Wildman–Crippen LogP) is 7.44. The van der Waals surface area contributed by atoms with E-state index in [9.17, 15) is 18.0 Å². The Hall–Kier alpha value is -3.74. The maximum atomic E-state index is 12.4. The Morgan fingerprint density at radius 2 is 1.42 bits per heavy atom. The van der Waals surface area contributed by atoms with Gasteiger partial charge in [-0.2, -0.15) is 0 Å². The molecule has 3 aromatic carbocycles. The molecule has 0 aliphatic rings. The lowest BCUT2D eigenvalue weighted by molar-refractivity contribution is -0.274. The first kappa shape index (κ1) is 23.9. The van der Waals surface area contributed by atoms with Crippen LogP contribution in [0.15, 0.2) is 72.8 Å². The van der Waals surface area contributed by atoms with Crippen molar-refractivity contribution in [3.05, 3.63) is 83.9 Å². The van der Waals surface area contributed by atoms with Crippen LogP contribution in [0.25, 0.3) is 17.2 Å². The third-order valence-corrected chi connectivity index (χ3v) is 4.78. The van der Waals surface area contributed by atoms with Crippen LogP contribution in [0.1, 0.15) is 31.9 Å². The zero-order chi connectivity index (χ0) is 24.2. The molecule has 0 heterocycles. The fourth-order valence-corrected chi connectivity index (χ4v) is 3.11. The molecule has 0 aromatic heterocycles. The Balaban J connectivity index is 1.90. The molecule has 0 aliphatic heterocycles. The molecule has 0 amide bonds. The molecular weight excluding hydrogens is 433 g/mol. The van der Waals surface area contributed by atoms with Crippen molar-refractivity contribution in [2.24, 2.45) is 0 Å². The van der Waals surface area contributed by atoms with E-state index in [0.29, 0.717) is 28.2 Å². The van der Waals surface area contributed by atoms with Gasteiger partial charge in [-0.05, 0) is 64.6 Å². The van der Waals surface area contributed by atoms with Crippen LogP contribution < -0.4 is 9.47 Å². The Labute approximate surface area is 189 Å². The van der Waals surface area contributed by atoms with Crippen LogP contribution in [0.4, 0.5) is 13.2 Å². The van der Waals surface area contributed by atoms with Crippen LogP contribution in [0, 0.1) is 0 Å². The van der Waals surface area contributed by atoms with Crippen LogP contribution >= 0.6 is 0 Å². The Kier molecular flexibility index (Phi) is 6.81. The van der Waals surface area contributed by atoms with Crippen LogP contribution in [0.5, 0.6) is 17.2 Å². The number of ether oxygens (including phenoxy) is 2. The summed E-state index contributed by atoms with van der Waals surface area (Å²) in [5.74, 6) is -0.406. The molecule has 0 unspecified atom stereocenters. The first-order chi connectivity index (χ1) is 15.4. The minimum atomic E-state index is -4.76. The smallest absolute Gasteiger partial charge is 0.478 e. The molecule has 33 heavy (non-hydrogen) atoms. The number of hydrogen-bond donors (Lipinski definition) is 1. The lowest BCUT2D eigenvalue weighted by atomic mass is 9.87. The van der Waals surface area contributed by atoms with E-state index >= 15 is 0 Å². The second kappa shape index (κ2) is 9.40. The Bertz CT molecular complexity index is 1140. The molecule has 0 saturated carbocycles. The van der Waals surface area contributed by atoms with E-state index in [1.165, 1.54) is 30.3 Å². The van der Waals surface area contributed by atoms with E-state index in [2.05, 4.69) is 25.5 Å². The normalized spacial score (nSPS) is 12.1. The summed E-state index contributed by atoms with van der Waals surface area (Å²) in [7, 11) is 0. The summed E-state index contributed by atoms with van der Waals surface area (Å²) in [4.78, 5) is 11.0. The molecule has 3 aromatic rings. The summed E-state index contributed by atoms with van der Waals surface area (Å²) in [6.45, 7) is 6.33. The van der Waals surface area contributed by atoms with E-state index in [1.807, 2.05) is 24.3 Å². The molecule has 1 N–H and O–H groups in total. The number of benzene rings is 3. The average Bonchev–Trinajstić information content (AvgIpc) is 2.72. The van der Waals surface area contributed by atoms with Gasteiger partial charge in [-0.15, -0.1) is 13.2 Å². The van der Waals surface area contributed by atoms with Crippen LogP contribution in [-0.2, 0) is 10.2 Å². The van der Waals surface area contributed by atoms with Gasteiger partial charge in [0.2, 0.25) is 0 Å². The number of carbonyl (C=O) groups is 1. The molecule has 0 bridgehead atoms. The van der Waals surface area contributed by atoms with Crippen molar-refractivity contribution in [1.82, 2.24) is 0 Å². The Morgan fingerprint density at radius 1 is 0.848 bits per heavy atom. The number of aliphatic carboxylic acids is 1. The molecule has 0 fully saturated rings. The van der Waals surface area contributed by atoms with Crippen LogP contribution in [0.2, 0.25) is 0 Å². The van der Waals surface area contributed by atoms with Gasteiger partial charge < -0.3 is 14.6 Å². The first-order valence-electron chi connectivity index (χ1n) is 10.1. The number of carboxylic acid groups (broad SMARTS) is 1. The highest BCUT2D eigenvalue weighted by Gasteiger charge is 2.31. The molecule has 0 radical (unpaired) electrons. The molecule has 0 aliphatic carbocycles. The lowest BCUT2D eigenvalue weighted by Gasteiger charge is -2.19. The van der Waals surface area contributed by atoms with Gasteiger partial charge in [0.05, 0.1) is 0 Å². The van der Waals surface area contributed by atoms with Gasteiger partial charge in [0.1, 0.15) is 17.2 Å². The summed E-state index contributed by atoms with van der Waals surface area (Å²) in [6, 6.07) is 18.2. The fourth-order valence-electron chi connectivity index (χ4n) is 3.11.